The number of piperazine rings is 1. The lowest BCUT2D eigenvalue weighted by Gasteiger charge is -2.37. The van der Waals surface area contributed by atoms with Gasteiger partial charge in [-0.2, -0.15) is 0 Å². The quantitative estimate of drug-likeness (QED) is 0.650. The van der Waals surface area contributed by atoms with Gasteiger partial charge in [0.2, 0.25) is 5.91 Å². The Balaban J connectivity index is 1.63. The van der Waals surface area contributed by atoms with Gasteiger partial charge in [-0.1, -0.05) is 50.2 Å². The van der Waals surface area contributed by atoms with E-state index in [1.54, 1.807) is 9.80 Å². The van der Waals surface area contributed by atoms with Crippen LogP contribution < -0.4 is 15.1 Å². The van der Waals surface area contributed by atoms with E-state index in [4.69, 9.17) is 0 Å². The molecule has 146 valence electrons. The molecule has 0 saturated carbocycles. The molecule has 4 nitrogen and oxygen atoms in total. The minimum atomic E-state index is 0.0265. The number of nitrogens with one attached hydrogen (secondary N) is 3. The smallest absolute Gasteiger partial charge is 0.222 e. The maximum absolute atomic E-state index is 12.2. The van der Waals surface area contributed by atoms with Gasteiger partial charge in [0.05, 0.1) is 10.9 Å². The zero-order valence-corrected chi connectivity index (χ0v) is 17.5. The van der Waals surface area contributed by atoms with Crippen LogP contribution in [0.5, 0.6) is 0 Å². The van der Waals surface area contributed by atoms with Crippen molar-refractivity contribution in [2.45, 2.75) is 39.4 Å². The topological polar surface area (TPSA) is 38.0 Å². The maximum Gasteiger partial charge on any atom is 0.222 e. The number of thiophene rings is 1. The van der Waals surface area contributed by atoms with Crippen molar-refractivity contribution in [3.8, 4) is 0 Å². The van der Waals surface area contributed by atoms with Crippen LogP contribution in [0.2, 0.25) is 0 Å². The average Bonchev–Trinajstić information content (AvgIpc) is 3.18. The summed E-state index contributed by atoms with van der Waals surface area (Å²) in [5.74, 6) is 0.176. The molecular weight excluding hydrogens is 354 g/mol. The molecule has 0 spiro atoms. The van der Waals surface area contributed by atoms with Gasteiger partial charge in [-0.25, -0.2) is 0 Å². The summed E-state index contributed by atoms with van der Waals surface area (Å²) in [5, 5.41) is 5.40. The molecule has 0 unspecified atom stereocenters. The van der Waals surface area contributed by atoms with Gasteiger partial charge >= 0.3 is 0 Å². The molecule has 2 heterocycles. The van der Waals surface area contributed by atoms with Gasteiger partial charge in [0, 0.05) is 11.5 Å². The molecule has 1 aromatic heterocycles. The van der Waals surface area contributed by atoms with Crippen LogP contribution in [0.1, 0.15) is 37.3 Å². The molecule has 1 saturated heterocycles. The van der Waals surface area contributed by atoms with E-state index >= 15 is 0 Å². The first-order valence-electron chi connectivity index (χ1n) is 10.1. The Morgan fingerprint density at radius 1 is 1.04 bits per heavy atom. The monoisotopic (exact) mass is 387 g/mol. The van der Waals surface area contributed by atoms with E-state index in [1.807, 2.05) is 25.2 Å². The molecule has 0 bridgehead atoms. The van der Waals surface area contributed by atoms with Crippen molar-refractivity contribution >= 4 is 17.2 Å². The Labute approximate surface area is 167 Å². The lowest BCUT2D eigenvalue weighted by molar-refractivity contribution is -1.03. The molecule has 1 aromatic carbocycles. The molecule has 2 atom stereocenters. The first-order valence-corrected chi connectivity index (χ1v) is 11.0. The number of hydrogen-bond acceptors (Lipinski definition) is 2. The van der Waals surface area contributed by atoms with E-state index in [1.165, 1.54) is 23.5 Å². The highest BCUT2D eigenvalue weighted by Gasteiger charge is 2.35. The average molecular weight is 388 g/mol. The third-order valence-corrected chi connectivity index (χ3v) is 6.54. The number of carbonyl (C=O) groups is 1. The lowest BCUT2D eigenvalue weighted by Crippen LogP contribution is -3.28. The van der Waals surface area contributed by atoms with Crippen LogP contribution in [0.4, 0.5) is 0 Å². The highest BCUT2D eigenvalue weighted by atomic mass is 32.1. The molecule has 1 aliphatic rings. The SMILES string of the molecule is CC(C)C(=O)N[C@@H](C)[C@H](c1cccs1)[NH+]1CC[NH+](Cc2ccccc2)CC1. The van der Waals surface area contributed by atoms with E-state index in [9.17, 15) is 4.79 Å². The zero-order valence-electron chi connectivity index (χ0n) is 16.7. The summed E-state index contributed by atoms with van der Waals surface area (Å²) < 4.78 is 0. The number of carbonyl (C=O) groups excluding carboxylic acids is 1. The number of benzene rings is 1. The fraction of sp³-hybridized carbons (Fsp3) is 0.500. The molecule has 1 amide bonds. The first-order chi connectivity index (χ1) is 13.0. The summed E-state index contributed by atoms with van der Waals surface area (Å²) in [6, 6.07) is 15.6. The third-order valence-electron chi connectivity index (χ3n) is 5.58. The van der Waals surface area contributed by atoms with Crippen LogP contribution in [0, 0.1) is 5.92 Å². The second-order valence-corrected chi connectivity index (χ2v) is 8.99. The van der Waals surface area contributed by atoms with E-state index in [-0.39, 0.29) is 17.9 Å². The molecule has 2 aromatic rings. The highest BCUT2D eigenvalue weighted by Crippen LogP contribution is 2.20. The van der Waals surface area contributed by atoms with Crippen LogP contribution >= 0.6 is 11.3 Å². The van der Waals surface area contributed by atoms with Gasteiger partial charge in [-0.15, -0.1) is 11.3 Å². The predicted molar refractivity (Wildman–Crippen MR) is 111 cm³/mol. The Morgan fingerprint density at radius 3 is 2.33 bits per heavy atom. The summed E-state index contributed by atoms with van der Waals surface area (Å²) in [6.07, 6.45) is 0. The van der Waals surface area contributed by atoms with Crippen molar-refractivity contribution in [2.24, 2.45) is 5.92 Å². The van der Waals surface area contributed by atoms with E-state index in [2.05, 4.69) is 60.1 Å². The molecule has 1 fully saturated rings. The molecule has 5 heteroatoms. The second-order valence-electron chi connectivity index (χ2n) is 8.02. The summed E-state index contributed by atoms with van der Waals surface area (Å²) >= 11 is 1.81. The molecule has 3 rings (SSSR count). The van der Waals surface area contributed by atoms with Gasteiger partial charge in [0.25, 0.3) is 0 Å². The van der Waals surface area contributed by atoms with Crippen LogP contribution in [0.3, 0.4) is 0 Å². The van der Waals surface area contributed by atoms with Gasteiger partial charge in [0.15, 0.2) is 0 Å². The number of quaternary nitrogens is 2. The molecule has 0 aliphatic carbocycles. The predicted octanol–water partition coefficient (Wildman–Crippen LogP) is 0.934. The first kappa shape index (κ1) is 20.1. The van der Waals surface area contributed by atoms with Crippen molar-refractivity contribution in [1.29, 1.82) is 0 Å². The van der Waals surface area contributed by atoms with E-state index in [0.717, 1.165) is 19.6 Å². The third kappa shape index (κ3) is 5.41. The van der Waals surface area contributed by atoms with Gasteiger partial charge < -0.3 is 15.1 Å². The molecule has 3 N–H and O–H groups in total. The minimum absolute atomic E-state index is 0.0265. The fourth-order valence-electron chi connectivity index (χ4n) is 4.04. The van der Waals surface area contributed by atoms with Crippen LogP contribution in [-0.4, -0.2) is 38.1 Å². The van der Waals surface area contributed by atoms with E-state index < -0.39 is 0 Å². The van der Waals surface area contributed by atoms with E-state index in [0.29, 0.717) is 6.04 Å². The van der Waals surface area contributed by atoms with Crippen LogP contribution in [0.15, 0.2) is 47.8 Å². The van der Waals surface area contributed by atoms with Gasteiger partial charge in [-0.3, -0.25) is 4.79 Å². The second kappa shape index (κ2) is 9.49. The summed E-state index contributed by atoms with van der Waals surface area (Å²) in [6.45, 7) is 11.8. The van der Waals surface area contributed by atoms with Crippen molar-refractivity contribution in [2.75, 3.05) is 26.2 Å². The standard InChI is InChI=1S/C22H31N3OS/c1-17(2)22(26)23-18(3)21(20-10-7-15-27-20)25-13-11-24(12-14-25)16-19-8-5-4-6-9-19/h4-10,15,17-18,21H,11-14,16H2,1-3H3,(H,23,26)/p+2/t18-,21+/m0/s1. The molecule has 27 heavy (non-hydrogen) atoms. The van der Waals surface area contributed by atoms with Gasteiger partial charge in [-0.05, 0) is 18.4 Å². The number of amides is 1. The molecule has 1 aliphatic heterocycles. The van der Waals surface area contributed by atoms with Crippen molar-refractivity contribution in [3.05, 3.63) is 58.3 Å². The Bertz CT molecular complexity index is 694. The zero-order chi connectivity index (χ0) is 19.2. The van der Waals surface area contributed by atoms with Gasteiger partial charge in [0.1, 0.15) is 38.8 Å². The number of rotatable bonds is 7. The van der Waals surface area contributed by atoms with Crippen molar-refractivity contribution in [1.82, 2.24) is 5.32 Å². The molecular formula is C22H33N3OS+2. The van der Waals surface area contributed by atoms with Crippen LogP contribution in [-0.2, 0) is 11.3 Å². The Kier molecular flexibility index (Phi) is 7.05. The molecule has 0 radical (unpaired) electrons. The summed E-state index contributed by atoms with van der Waals surface area (Å²) in [7, 11) is 0. The van der Waals surface area contributed by atoms with Crippen molar-refractivity contribution < 1.29 is 14.6 Å². The largest absolute Gasteiger partial charge is 0.347 e. The highest BCUT2D eigenvalue weighted by molar-refractivity contribution is 7.10. The maximum atomic E-state index is 12.2. The summed E-state index contributed by atoms with van der Waals surface area (Å²) in [5.41, 5.74) is 1.42. The lowest BCUT2D eigenvalue weighted by atomic mass is 10.0. The minimum Gasteiger partial charge on any atom is -0.347 e. The normalized spacial score (nSPS) is 22.4. The fourth-order valence-corrected chi connectivity index (χ4v) is 5.03. The Morgan fingerprint density at radius 2 is 1.74 bits per heavy atom. The van der Waals surface area contributed by atoms with Crippen molar-refractivity contribution in [3.63, 3.8) is 0 Å². The van der Waals surface area contributed by atoms with Crippen LogP contribution in [0.25, 0.3) is 0 Å². The summed E-state index contributed by atoms with van der Waals surface area (Å²) in [4.78, 5) is 16.9. The number of hydrogen-bond donors (Lipinski definition) is 3. The Hall–Kier alpha value is -1.69.